The smallest absolute Gasteiger partial charge is 0.380 e. The van der Waals surface area contributed by atoms with E-state index in [2.05, 4.69) is 4.89 Å². The van der Waals surface area contributed by atoms with Crippen LogP contribution in [0.15, 0.2) is 60.2 Å². The molecule has 6 nitrogen and oxygen atoms in total. The van der Waals surface area contributed by atoms with Crippen molar-refractivity contribution in [3.05, 3.63) is 71.3 Å². The molecule has 0 amide bonds. The topological polar surface area (TPSA) is 82.1 Å². The number of carbonyl (C=O) groups excluding carboxylic acids is 1. The number of ether oxygens (including phenoxy) is 1. The van der Waals surface area contributed by atoms with Crippen LogP contribution in [0.2, 0.25) is 0 Å². The van der Waals surface area contributed by atoms with Gasteiger partial charge < -0.3 is 9.84 Å². The SMILES string of the molecule is COc1ccc(C=C(C(=O)O)C(=O)OOCc2ccccc2)cc1. The maximum absolute atomic E-state index is 11.9. The highest BCUT2D eigenvalue weighted by Gasteiger charge is 2.20. The van der Waals surface area contributed by atoms with Crippen molar-refractivity contribution in [1.82, 2.24) is 0 Å². The fraction of sp³-hybridized carbons (Fsp3) is 0.111. The monoisotopic (exact) mass is 328 g/mol. The largest absolute Gasteiger partial charge is 0.497 e. The third-order valence-corrected chi connectivity index (χ3v) is 3.08. The van der Waals surface area contributed by atoms with Crippen molar-refractivity contribution in [3.63, 3.8) is 0 Å². The van der Waals surface area contributed by atoms with Crippen LogP contribution in [0.5, 0.6) is 5.75 Å². The number of carboxylic acids is 1. The molecular weight excluding hydrogens is 312 g/mol. The lowest BCUT2D eigenvalue weighted by atomic mass is 10.1. The summed E-state index contributed by atoms with van der Waals surface area (Å²) in [6.45, 7) is 0.0298. The molecule has 0 spiro atoms. The molecule has 0 bridgehead atoms. The van der Waals surface area contributed by atoms with Gasteiger partial charge in [0, 0.05) is 0 Å². The average molecular weight is 328 g/mol. The Morgan fingerprint density at radius 2 is 1.71 bits per heavy atom. The maximum atomic E-state index is 11.9. The lowest BCUT2D eigenvalue weighted by molar-refractivity contribution is -0.276. The summed E-state index contributed by atoms with van der Waals surface area (Å²) >= 11 is 0. The van der Waals surface area contributed by atoms with Crippen molar-refractivity contribution in [2.45, 2.75) is 6.61 Å². The van der Waals surface area contributed by atoms with E-state index < -0.39 is 17.5 Å². The molecule has 0 saturated carbocycles. The van der Waals surface area contributed by atoms with Crippen LogP contribution in [0.25, 0.3) is 6.08 Å². The Hall–Kier alpha value is -3.12. The summed E-state index contributed by atoms with van der Waals surface area (Å²) in [5, 5.41) is 9.17. The molecule has 24 heavy (non-hydrogen) atoms. The van der Waals surface area contributed by atoms with E-state index in [0.29, 0.717) is 11.3 Å². The van der Waals surface area contributed by atoms with Crippen LogP contribution in [-0.4, -0.2) is 24.2 Å². The van der Waals surface area contributed by atoms with Crippen molar-refractivity contribution < 1.29 is 29.2 Å². The first-order valence-electron chi connectivity index (χ1n) is 7.07. The van der Waals surface area contributed by atoms with Gasteiger partial charge in [-0.3, -0.25) is 4.89 Å². The Bertz CT molecular complexity index is 719. The minimum atomic E-state index is -1.40. The summed E-state index contributed by atoms with van der Waals surface area (Å²) in [5.41, 5.74) is 0.780. The lowest BCUT2D eigenvalue weighted by Crippen LogP contribution is -2.15. The number of hydrogen-bond acceptors (Lipinski definition) is 5. The van der Waals surface area contributed by atoms with Gasteiger partial charge in [0.25, 0.3) is 0 Å². The van der Waals surface area contributed by atoms with Gasteiger partial charge in [0.05, 0.1) is 7.11 Å². The van der Waals surface area contributed by atoms with Crippen LogP contribution >= 0.6 is 0 Å². The van der Waals surface area contributed by atoms with Crippen LogP contribution in [0.1, 0.15) is 11.1 Å². The average Bonchev–Trinajstić information content (AvgIpc) is 2.60. The fourth-order valence-corrected chi connectivity index (χ4v) is 1.84. The fourth-order valence-electron chi connectivity index (χ4n) is 1.84. The zero-order valence-electron chi connectivity index (χ0n) is 13.0. The van der Waals surface area contributed by atoms with Crippen molar-refractivity contribution in [1.29, 1.82) is 0 Å². The van der Waals surface area contributed by atoms with Crippen molar-refractivity contribution in [3.8, 4) is 5.75 Å². The van der Waals surface area contributed by atoms with Crippen LogP contribution in [0.3, 0.4) is 0 Å². The van der Waals surface area contributed by atoms with E-state index in [1.165, 1.54) is 13.2 Å². The van der Waals surface area contributed by atoms with Gasteiger partial charge in [-0.25, -0.2) is 9.59 Å². The predicted octanol–water partition coefficient (Wildman–Crippen LogP) is 2.84. The highest BCUT2D eigenvalue weighted by atomic mass is 17.2. The molecule has 1 N–H and O–H groups in total. The first-order valence-corrected chi connectivity index (χ1v) is 7.07. The van der Waals surface area contributed by atoms with Crippen molar-refractivity contribution in [2.75, 3.05) is 7.11 Å². The van der Waals surface area contributed by atoms with Gasteiger partial charge in [-0.15, -0.1) is 0 Å². The molecule has 0 atom stereocenters. The van der Waals surface area contributed by atoms with Gasteiger partial charge in [-0.05, 0) is 29.3 Å². The number of rotatable bonds is 7. The van der Waals surface area contributed by atoms with Crippen LogP contribution in [0, 0.1) is 0 Å². The third kappa shape index (κ3) is 4.96. The number of methoxy groups -OCH3 is 1. The Morgan fingerprint density at radius 3 is 2.29 bits per heavy atom. The van der Waals surface area contributed by atoms with Crippen LogP contribution in [-0.2, 0) is 26.0 Å². The number of carbonyl (C=O) groups is 2. The molecule has 0 radical (unpaired) electrons. The summed E-state index contributed by atoms with van der Waals surface area (Å²) in [6.07, 6.45) is 1.20. The summed E-state index contributed by atoms with van der Waals surface area (Å²) in [7, 11) is 1.52. The van der Waals surface area contributed by atoms with Crippen molar-refractivity contribution >= 4 is 18.0 Å². The Balaban J connectivity index is 2.01. The predicted molar refractivity (Wildman–Crippen MR) is 85.9 cm³/mol. The minimum Gasteiger partial charge on any atom is -0.497 e. The molecule has 0 unspecified atom stereocenters. The Kier molecular flexibility index (Phi) is 6.10. The summed E-state index contributed by atoms with van der Waals surface area (Å²) < 4.78 is 5.02. The third-order valence-electron chi connectivity index (χ3n) is 3.08. The first-order chi connectivity index (χ1) is 11.6. The molecule has 0 saturated heterocycles. The lowest BCUT2D eigenvalue weighted by Gasteiger charge is -2.05. The quantitative estimate of drug-likeness (QED) is 0.277. The molecule has 0 aliphatic carbocycles. The van der Waals surface area contributed by atoms with Crippen molar-refractivity contribution in [2.24, 2.45) is 0 Å². The minimum absolute atomic E-state index is 0.0298. The number of hydrogen-bond donors (Lipinski definition) is 1. The molecule has 0 fully saturated rings. The van der Waals surface area contributed by atoms with Gasteiger partial charge >= 0.3 is 11.9 Å². The van der Waals surface area contributed by atoms with Gasteiger partial charge in [0.15, 0.2) is 0 Å². The normalized spacial score (nSPS) is 11.0. The number of carboxylic acid groups (broad SMARTS) is 1. The molecule has 0 aliphatic heterocycles. The molecule has 0 aromatic heterocycles. The van der Waals surface area contributed by atoms with E-state index >= 15 is 0 Å². The van der Waals surface area contributed by atoms with Crippen LogP contribution < -0.4 is 4.74 Å². The van der Waals surface area contributed by atoms with E-state index in [4.69, 9.17) is 9.62 Å². The van der Waals surface area contributed by atoms with E-state index in [0.717, 1.165) is 5.56 Å². The summed E-state index contributed by atoms with van der Waals surface area (Å²) in [5.74, 6) is -1.86. The molecule has 2 aromatic carbocycles. The molecule has 0 aliphatic rings. The first kappa shape index (κ1) is 17.2. The van der Waals surface area contributed by atoms with Gasteiger partial charge in [0.1, 0.15) is 17.9 Å². The summed E-state index contributed by atoms with van der Waals surface area (Å²) in [6, 6.07) is 15.6. The molecule has 0 heterocycles. The number of benzene rings is 2. The zero-order valence-corrected chi connectivity index (χ0v) is 13.0. The molecule has 6 heteroatoms. The highest BCUT2D eigenvalue weighted by molar-refractivity contribution is 6.16. The van der Waals surface area contributed by atoms with Crippen LogP contribution in [0.4, 0.5) is 0 Å². The second-order valence-electron chi connectivity index (χ2n) is 4.75. The standard InChI is InChI=1S/C18H16O6/c1-22-15-9-7-13(8-10-15)11-16(17(19)20)18(21)24-23-12-14-5-3-2-4-6-14/h2-11H,12H2,1H3,(H,19,20). The molecular formula is C18H16O6. The second-order valence-corrected chi connectivity index (χ2v) is 4.75. The van der Waals surface area contributed by atoms with Gasteiger partial charge in [-0.1, -0.05) is 42.5 Å². The molecule has 2 aromatic rings. The van der Waals surface area contributed by atoms with E-state index in [1.807, 2.05) is 18.2 Å². The molecule has 2 rings (SSSR count). The Morgan fingerprint density at radius 1 is 1.04 bits per heavy atom. The van der Waals surface area contributed by atoms with Gasteiger partial charge in [-0.2, -0.15) is 4.89 Å². The second kappa shape index (κ2) is 8.50. The van der Waals surface area contributed by atoms with E-state index in [1.54, 1.807) is 36.4 Å². The summed E-state index contributed by atoms with van der Waals surface area (Å²) in [4.78, 5) is 32.5. The Labute approximate surface area is 138 Å². The van der Waals surface area contributed by atoms with E-state index in [9.17, 15) is 14.7 Å². The zero-order chi connectivity index (χ0) is 17.4. The van der Waals surface area contributed by atoms with Gasteiger partial charge in [0.2, 0.25) is 0 Å². The van der Waals surface area contributed by atoms with E-state index in [-0.39, 0.29) is 6.61 Å². The molecule has 124 valence electrons. The maximum Gasteiger partial charge on any atom is 0.380 e. The highest BCUT2D eigenvalue weighted by Crippen LogP contribution is 2.15. The number of aliphatic carboxylic acids is 1.